The largest absolute Gasteiger partial charge is 0.373 e. The molecule has 2 aromatic rings. The average molecular weight is 277 g/mol. The third-order valence-electron chi connectivity index (χ3n) is 4.44. The Morgan fingerprint density at radius 2 is 2.32 bits per heavy atom. The van der Waals surface area contributed by atoms with Crippen molar-refractivity contribution < 1.29 is 4.74 Å². The Labute approximate surface area is 117 Å². The van der Waals surface area contributed by atoms with Crippen molar-refractivity contribution in [2.24, 2.45) is 0 Å². The van der Waals surface area contributed by atoms with Gasteiger partial charge in [0, 0.05) is 0 Å². The highest BCUT2D eigenvalue weighted by Crippen LogP contribution is 2.43. The molecule has 2 saturated heterocycles. The first-order valence-corrected chi connectivity index (χ1v) is 7.48. The van der Waals surface area contributed by atoms with E-state index in [4.69, 9.17) is 21.3 Å². The topological polar surface area (TPSA) is 27.1 Å². The van der Waals surface area contributed by atoms with E-state index in [-0.39, 0.29) is 0 Å². The molecular formula is C15H17ClN2O. The van der Waals surface area contributed by atoms with Crippen LogP contribution >= 0.6 is 11.6 Å². The Hall–Kier alpha value is -1.06. The van der Waals surface area contributed by atoms with Crippen LogP contribution in [0.3, 0.4) is 0 Å². The van der Waals surface area contributed by atoms with Crippen molar-refractivity contribution in [2.75, 3.05) is 0 Å². The lowest BCUT2D eigenvalue weighted by Gasteiger charge is -2.22. The Morgan fingerprint density at radius 1 is 1.42 bits per heavy atom. The van der Waals surface area contributed by atoms with E-state index in [1.807, 2.05) is 0 Å². The molecule has 0 saturated carbocycles. The molecule has 3 unspecified atom stereocenters. The van der Waals surface area contributed by atoms with Crippen molar-refractivity contribution in [1.82, 2.24) is 9.55 Å². The van der Waals surface area contributed by atoms with Crippen molar-refractivity contribution in [3.8, 4) is 0 Å². The monoisotopic (exact) mass is 276 g/mol. The molecule has 4 heteroatoms. The van der Waals surface area contributed by atoms with Gasteiger partial charge < -0.3 is 9.30 Å². The highest BCUT2D eigenvalue weighted by molar-refractivity contribution is 6.16. The zero-order valence-electron chi connectivity index (χ0n) is 11.0. The van der Waals surface area contributed by atoms with E-state index < -0.39 is 0 Å². The number of ether oxygens (including phenoxy) is 1. The Balaban J connectivity index is 1.88. The van der Waals surface area contributed by atoms with E-state index in [1.54, 1.807) is 0 Å². The van der Waals surface area contributed by atoms with E-state index in [0.29, 0.717) is 24.1 Å². The average Bonchev–Trinajstić information content (AvgIpc) is 3.09. The van der Waals surface area contributed by atoms with Crippen LogP contribution in [-0.2, 0) is 10.6 Å². The fourth-order valence-corrected chi connectivity index (χ4v) is 3.79. The first-order chi connectivity index (χ1) is 9.26. The summed E-state index contributed by atoms with van der Waals surface area (Å²) in [6.45, 7) is 2.10. The maximum absolute atomic E-state index is 6.10. The van der Waals surface area contributed by atoms with Gasteiger partial charge >= 0.3 is 0 Å². The van der Waals surface area contributed by atoms with Crippen LogP contribution in [0.4, 0.5) is 0 Å². The van der Waals surface area contributed by atoms with Gasteiger partial charge in [0.15, 0.2) is 0 Å². The first kappa shape index (κ1) is 11.7. The van der Waals surface area contributed by atoms with E-state index in [0.717, 1.165) is 17.8 Å². The molecule has 2 aliphatic rings. The third kappa shape index (κ3) is 1.72. The molecule has 19 heavy (non-hydrogen) atoms. The minimum atomic E-state index is 0.352. The molecule has 0 amide bonds. The van der Waals surface area contributed by atoms with Gasteiger partial charge in [-0.05, 0) is 43.9 Å². The zero-order valence-corrected chi connectivity index (χ0v) is 11.7. The van der Waals surface area contributed by atoms with Gasteiger partial charge in [-0.25, -0.2) is 4.98 Å². The summed E-state index contributed by atoms with van der Waals surface area (Å²) in [6, 6.07) is 6.86. The van der Waals surface area contributed by atoms with Gasteiger partial charge in [-0.15, -0.1) is 11.6 Å². The molecule has 2 aliphatic heterocycles. The summed E-state index contributed by atoms with van der Waals surface area (Å²) in [5.74, 6) is 1.44. The fraction of sp³-hybridized carbons (Fsp3) is 0.533. The maximum Gasteiger partial charge on any atom is 0.125 e. The van der Waals surface area contributed by atoms with E-state index >= 15 is 0 Å². The summed E-state index contributed by atoms with van der Waals surface area (Å²) in [6.07, 6.45) is 4.28. The van der Waals surface area contributed by atoms with Crippen LogP contribution in [0.1, 0.15) is 36.7 Å². The number of alkyl halides is 1. The van der Waals surface area contributed by atoms with Gasteiger partial charge in [0.25, 0.3) is 0 Å². The van der Waals surface area contributed by atoms with Crippen molar-refractivity contribution in [3.63, 3.8) is 0 Å². The molecule has 1 aromatic carbocycles. The third-order valence-corrected chi connectivity index (χ3v) is 4.68. The van der Waals surface area contributed by atoms with Gasteiger partial charge in [0.05, 0.1) is 35.2 Å². The lowest BCUT2D eigenvalue weighted by molar-refractivity contribution is 0.0940. The second kappa shape index (κ2) is 4.22. The van der Waals surface area contributed by atoms with Crippen LogP contribution in [0.25, 0.3) is 11.0 Å². The molecule has 0 N–H and O–H groups in total. The first-order valence-electron chi connectivity index (χ1n) is 6.95. The number of benzene rings is 1. The summed E-state index contributed by atoms with van der Waals surface area (Å²) >= 11 is 6.10. The summed E-state index contributed by atoms with van der Waals surface area (Å²) in [5, 5.41) is 0. The van der Waals surface area contributed by atoms with E-state index in [9.17, 15) is 0 Å². The fourth-order valence-electron chi connectivity index (χ4n) is 3.61. The molecule has 0 spiro atoms. The van der Waals surface area contributed by atoms with Crippen LogP contribution in [0, 0.1) is 6.92 Å². The summed E-state index contributed by atoms with van der Waals surface area (Å²) in [4.78, 5) is 4.70. The smallest absolute Gasteiger partial charge is 0.125 e. The second-order valence-electron chi connectivity index (χ2n) is 5.70. The molecule has 1 aromatic heterocycles. The second-order valence-corrected chi connectivity index (χ2v) is 5.97. The molecule has 3 atom stereocenters. The van der Waals surface area contributed by atoms with Gasteiger partial charge in [0.1, 0.15) is 5.82 Å². The van der Waals surface area contributed by atoms with Crippen LogP contribution < -0.4 is 0 Å². The number of aromatic nitrogens is 2. The van der Waals surface area contributed by atoms with Crippen LogP contribution in [0.15, 0.2) is 18.2 Å². The molecule has 4 rings (SSSR count). The highest BCUT2D eigenvalue weighted by Gasteiger charge is 2.42. The quantitative estimate of drug-likeness (QED) is 0.784. The maximum atomic E-state index is 6.10. The van der Waals surface area contributed by atoms with Gasteiger partial charge in [-0.1, -0.05) is 6.07 Å². The number of imidazole rings is 1. The van der Waals surface area contributed by atoms with Gasteiger partial charge in [0.2, 0.25) is 0 Å². The van der Waals surface area contributed by atoms with Crippen molar-refractivity contribution in [3.05, 3.63) is 29.6 Å². The van der Waals surface area contributed by atoms with Crippen molar-refractivity contribution >= 4 is 22.6 Å². The molecule has 2 fully saturated rings. The molecular weight excluding hydrogens is 260 g/mol. The summed E-state index contributed by atoms with van der Waals surface area (Å²) in [5.41, 5.74) is 3.49. The molecule has 0 aliphatic carbocycles. The number of fused-ring (bicyclic) bond motifs is 3. The number of hydrogen-bond donors (Lipinski definition) is 0. The van der Waals surface area contributed by atoms with Crippen molar-refractivity contribution in [2.45, 2.75) is 50.3 Å². The summed E-state index contributed by atoms with van der Waals surface area (Å²) in [7, 11) is 0. The normalized spacial score (nSPS) is 29.5. The van der Waals surface area contributed by atoms with Crippen LogP contribution in [0.5, 0.6) is 0 Å². The number of rotatable bonds is 2. The van der Waals surface area contributed by atoms with E-state index in [1.165, 1.54) is 23.9 Å². The van der Waals surface area contributed by atoms with Crippen LogP contribution in [-0.4, -0.2) is 21.8 Å². The molecule has 100 valence electrons. The SMILES string of the molecule is Cc1ccc2c(c1)nc(CCl)n2C1CC2CCC1O2. The molecule has 0 radical (unpaired) electrons. The predicted octanol–water partition coefficient (Wildman–Crippen LogP) is 3.58. The predicted molar refractivity (Wildman–Crippen MR) is 75.6 cm³/mol. The number of nitrogens with zero attached hydrogens (tertiary/aromatic N) is 2. The number of aryl methyl sites for hydroxylation is 1. The molecule has 3 nitrogen and oxygen atoms in total. The van der Waals surface area contributed by atoms with Gasteiger partial charge in [-0.3, -0.25) is 0 Å². The van der Waals surface area contributed by atoms with Crippen LogP contribution in [0.2, 0.25) is 0 Å². The highest BCUT2D eigenvalue weighted by atomic mass is 35.5. The Morgan fingerprint density at radius 3 is 3.00 bits per heavy atom. The zero-order chi connectivity index (χ0) is 13.0. The molecule has 2 bridgehead atoms. The molecule has 3 heterocycles. The minimum absolute atomic E-state index is 0.352. The van der Waals surface area contributed by atoms with Crippen molar-refractivity contribution in [1.29, 1.82) is 0 Å². The lowest BCUT2D eigenvalue weighted by atomic mass is 9.95. The lowest BCUT2D eigenvalue weighted by Crippen LogP contribution is -2.22. The number of hydrogen-bond acceptors (Lipinski definition) is 2. The Kier molecular flexibility index (Phi) is 2.61. The standard InChI is InChI=1S/C15H17ClN2O/c1-9-2-4-12-11(6-9)17-15(8-16)18(12)13-7-10-3-5-14(13)19-10/h2,4,6,10,13-14H,3,5,7-8H2,1H3. The van der Waals surface area contributed by atoms with Gasteiger partial charge in [-0.2, -0.15) is 0 Å². The number of halogens is 1. The minimum Gasteiger partial charge on any atom is -0.373 e. The Bertz CT molecular complexity index is 636. The van der Waals surface area contributed by atoms with E-state index in [2.05, 4.69) is 29.7 Å². The summed E-state index contributed by atoms with van der Waals surface area (Å²) < 4.78 is 8.31.